The van der Waals surface area contributed by atoms with Gasteiger partial charge in [-0.3, -0.25) is 0 Å². The van der Waals surface area contributed by atoms with Crippen LogP contribution in [-0.4, -0.2) is 49.3 Å². The van der Waals surface area contributed by atoms with Crippen LogP contribution < -0.4 is 10.6 Å². The molecule has 1 aliphatic carbocycles. The summed E-state index contributed by atoms with van der Waals surface area (Å²) in [6, 6.07) is 0.0748. The van der Waals surface area contributed by atoms with E-state index in [1.165, 1.54) is 32.1 Å². The first-order valence-electron chi connectivity index (χ1n) is 9.15. The van der Waals surface area contributed by atoms with Crippen molar-refractivity contribution in [3.8, 4) is 0 Å². The number of carbonyl (C=O) groups is 2. The van der Waals surface area contributed by atoms with Gasteiger partial charge < -0.3 is 20.3 Å². The molecule has 3 amide bonds. The Labute approximate surface area is 139 Å². The highest BCUT2D eigenvalue weighted by molar-refractivity contribution is 5.74. The van der Waals surface area contributed by atoms with Crippen molar-refractivity contribution in [2.24, 2.45) is 5.92 Å². The van der Waals surface area contributed by atoms with Gasteiger partial charge in [-0.2, -0.15) is 0 Å². The van der Waals surface area contributed by atoms with Crippen LogP contribution in [0.1, 0.15) is 58.3 Å². The van der Waals surface area contributed by atoms with Gasteiger partial charge in [-0.15, -0.1) is 0 Å². The standard InChI is InChI=1S/C17H31N3O3/c1-2-23-17(22)20-12-9-15(10-13-20)19-16(21)18-11-8-14-6-4-3-5-7-14/h14-15H,2-13H2,1H3,(H2,18,19,21). The van der Waals surface area contributed by atoms with Crippen LogP contribution in [0.2, 0.25) is 0 Å². The van der Waals surface area contributed by atoms with E-state index in [9.17, 15) is 9.59 Å². The van der Waals surface area contributed by atoms with Crippen molar-refractivity contribution in [3.05, 3.63) is 0 Å². The van der Waals surface area contributed by atoms with Gasteiger partial charge in [-0.25, -0.2) is 9.59 Å². The fourth-order valence-electron chi connectivity index (χ4n) is 3.52. The van der Waals surface area contributed by atoms with E-state index in [0.717, 1.165) is 31.7 Å². The highest BCUT2D eigenvalue weighted by atomic mass is 16.6. The molecule has 1 saturated carbocycles. The van der Waals surface area contributed by atoms with Crippen molar-refractivity contribution >= 4 is 12.1 Å². The number of urea groups is 1. The summed E-state index contributed by atoms with van der Waals surface area (Å²) < 4.78 is 5.00. The first-order valence-corrected chi connectivity index (χ1v) is 9.15. The van der Waals surface area contributed by atoms with E-state index in [1.54, 1.807) is 4.90 Å². The minimum Gasteiger partial charge on any atom is -0.450 e. The van der Waals surface area contributed by atoms with Crippen LogP contribution >= 0.6 is 0 Å². The normalized spacial score (nSPS) is 20.1. The fourth-order valence-corrected chi connectivity index (χ4v) is 3.52. The number of carbonyl (C=O) groups excluding carboxylic acids is 2. The average molecular weight is 325 g/mol. The summed E-state index contributed by atoms with van der Waals surface area (Å²) in [6.45, 7) is 4.26. The molecule has 23 heavy (non-hydrogen) atoms. The lowest BCUT2D eigenvalue weighted by atomic mass is 9.87. The van der Waals surface area contributed by atoms with Crippen molar-refractivity contribution in [1.29, 1.82) is 0 Å². The zero-order valence-electron chi connectivity index (χ0n) is 14.3. The van der Waals surface area contributed by atoms with Gasteiger partial charge in [0.1, 0.15) is 0 Å². The van der Waals surface area contributed by atoms with Crippen molar-refractivity contribution in [1.82, 2.24) is 15.5 Å². The van der Waals surface area contributed by atoms with Crippen molar-refractivity contribution in [2.75, 3.05) is 26.2 Å². The topological polar surface area (TPSA) is 70.7 Å². The van der Waals surface area contributed by atoms with Gasteiger partial charge in [0.15, 0.2) is 0 Å². The van der Waals surface area contributed by atoms with E-state index in [4.69, 9.17) is 4.74 Å². The van der Waals surface area contributed by atoms with E-state index >= 15 is 0 Å². The minimum absolute atomic E-state index is 0.0737. The van der Waals surface area contributed by atoms with Crippen molar-refractivity contribution in [2.45, 2.75) is 64.3 Å². The Hall–Kier alpha value is -1.46. The Bertz CT molecular complexity index is 375. The van der Waals surface area contributed by atoms with Gasteiger partial charge in [0.25, 0.3) is 0 Å². The molecule has 0 radical (unpaired) electrons. The number of ether oxygens (including phenoxy) is 1. The van der Waals surface area contributed by atoms with E-state index in [-0.39, 0.29) is 18.2 Å². The first-order chi connectivity index (χ1) is 11.2. The quantitative estimate of drug-likeness (QED) is 0.816. The van der Waals surface area contributed by atoms with E-state index in [0.29, 0.717) is 19.7 Å². The zero-order valence-corrected chi connectivity index (χ0v) is 14.3. The largest absolute Gasteiger partial charge is 0.450 e. The monoisotopic (exact) mass is 325 g/mol. The second-order valence-electron chi connectivity index (χ2n) is 6.65. The maximum atomic E-state index is 11.9. The molecule has 0 bridgehead atoms. The van der Waals surface area contributed by atoms with Gasteiger partial charge >= 0.3 is 12.1 Å². The molecular weight excluding hydrogens is 294 g/mol. The molecule has 0 unspecified atom stereocenters. The molecule has 6 heteroatoms. The Balaban J connectivity index is 1.56. The lowest BCUT2D eigenvalue weighted by Gasteiger charge is -2.31. The van der Waals surface area contributed by atoms with E-state index in [2.05, 4.69) is 10.6 Å². The number of piperidine rings is 1. The lowest BCUT2D eigenvalue weighted by Crippen LogP contribution is -2.49. The summed E-state index contributed by atoms with van der Waals surface area (Å²) in [5, 5.41) is 6.00. The van der Waals surface area contributed by atoms with Crippen molar-refractivity contribution < 1.29 is 14.3 Å². The van der Waals surface area contributed by atoms with Gasteiger partial charge in [0.05, 0.1) is 6.61 Å². The second kappa shape index (κ2) is 9.63. The van der Waals surface area contributed by atoms with Gasteiger partial charge in [0.2, 0.25) is 0 Å². The van der Waals surface area contributed by atoms with Crippen LogP contribution in [0.4, 0.5) is 9.59 Å². The Morgan fingerprint density at radius 3 is 2.43 bits per heavy atom. The minimum atomic E-state index is -0.247. The molecule has 0 aromatic rings. The summed E-state index contributed by atoms with van der Waals surface area (Å²) in [5.74, 6) is 0.789. The molecule has 132 valence electrons. The molecule has 1 saturated heterocycles. The molecule has 1 aliphatic heterocycles. The first kappa shape index (κ1) is 17.9. The number of amides is 3. The lowest BCUT2D eigenvalue weighted by molar-refractivity contribution is 0.0957. The third-order valence-corrected chi connectivity index (χ3v) is 4.92. The predicted molar refractivity (Wildman–Crippen MR) is 89.3 cm³/mol. The highest BCUT2D eigenvalue weighted by Crippen LogP contribution is 2.25. The SMILES string of the molecule is CCOC(=O)N1CCC(NC(=O)NCCC2CCCCC2)CC1. The Kier molecular flexibility index (Phi) is 7.49. The molecule has 6 nitrogen and oxygen atoms in total. The summed E-state index contributed by atoms with van der Waals surface area (Å²) in [4.78, 5) is 25.3. The van der Waals surface area contributed by atoms with Crippen LogP contribution in [-0.2, 0) is 4.74 Å². The average Bonchev–Trinajstić information content (AvgIpc) is 2.57. The third-order valence-electron chi connectivity index (χ3n) is 4.92. The van der Waals surface area contributed by atoms with Crippen molar-refractivity contribution in [3.63, 3.8) is 0 Å². The zero-order chi connectivity index (χ0) is 16.5. The molecule has 2 aliphatic rings. The molecule has 0 atom stereocenters. The summed E-state index contributed by atoms with van der Waals surface area (Å²) >= 11 is 0. The number of hydrogen-bond donors (Lipinski definition) is 2. The molecule has 2 rings (SSSR count). The van der Waals surface area contributed by atoms with Gasteiger partial charge in [-0.1, -0.05) is 32.1 Å². The van der Waals surface area contributed by atoms with Crippen LogP contribution in [0.25, 0.3) is 0 Å². The maximum absolute atomic E-state index is 11.9. The number of likely N-dealkylation sites (tertiary alicyclic amines) is 1. The van der Waals surface area contributed by atoms with E-state index < -0.39 is 0 Å². The molecule has 1 heterocycles. The predicted octanol–water partition coefficient (Wildman–Crippen LogP) is 2.88. The second-order valence-corrected chi connectivity index (χ2v) is 6.65. The van der Waals surface area contributed by atoms with Crippen LogP contribution in [0.5, 0.6) is 0 Å². The molecule has 2 N–H and O–H groups in total. The maximum Gasteiger partial charge on any atom is 0.409 e. The molecule has 2 fully saturated rings. The molecule has 0 aromatic heterocycles. The van der Waals surface area contributed by atoms with Crippen LogP contribution in [0.3, 0.4) is 0 Å². The summed E-state index contributed by atoms with van der Waals surface area (Å²) in [5.41, 5.74) is 0. The fraction of sp³-hybridized carbons (Fsp3) is 0.882. The number of rotatable bonds is 5. The summed E-state index contributed by atoms with van der Waals surface area (Å²) in [7, 11) is 0. The Morgan fingerprint density at radius 1 is 1.09 bits per heavy atom. The van der Waals surface area contributed by atoms with Gasteiger partial charge in [-0.05, 0) is 32.1 Å². The highest BCUT2D eigenvalue weighted by Gasteiger charge is 2.24. The number of nitrogens with one attached hydrogen (secondary N) is 2. The number of hydrogen-bond acceptors (Lipinski definition) is 3. The smallest absolute Gasteiger partial charge is 0.409 e. The third kappa shape index (κ3) is 6.28. The van der Waals surface area contributed by atoms with Gasteiger partial charge in [0, 0.05) is 25.7 Å². The number of nitrogens with zero attached hydrogens (tertiary/aromatic N) is 1. The molecule has 0 spiro atoms. The van der Waals surface area contributed by atoms with Crippen LogP contribution in [0, 0.1) is 5.92 Å². The Morgan fingerprint density at radius 2 is 1.78 bits per heavy atom. The summed E-state index contributed by atoms with van der Waals surface area (Å²) in [6.07, 6.45) is 9.10. The molecule has 0 aromatic carbocycles. The van der Waals surface area contributed by atoms with E-state index in [1.807, 2.05) is 6.92 Å². The molecular formula is C17H31N3O3. The van der Waals surface area contributed by atoms with Crippen LogP contribution in [0.15, 0.2) is 0 Å².